The standard InChI is InChI=1S/C17H17NO/c1-13(2)17(19)18-16(14-9-5-3-6-10-14)15-11-7-4-8-12-15/h3-12,16H,1H2,2H3,(H,18,19). The molecule has 0 bridgehead atoms. The van der Waals surface area contributed by atoms with Crippen molar-refractivity contribution in [3.8, 4) is 0 Å². The van der Waals surface area contributed by atoms with Crippen LogP contribution < -0.4 is 5.32 Å². The molecule has 0 saturated carbocycles. The van der Waals surface area contributed by atoms with Crippen LogP contribution >= 0.6 is 0 Å². The van der Waals surface area contributed by atoms with Crippen molar-refractivity contribution in [3.63, 3.8) is 0 Å². The van der Waals surface area contributed by atoms with E-state index in [2.05, 4.69) is 11.9 Å². The number of rotatable bonds is 4. The molecule has 2 rings (SSSR count). The smallest absolute Gasteiger partial charge is 0.247 e. The summed E-state index contributed by atoms with van der Waals surface area (Å²) >= 11 is 0. The Labute approximate surface area is 113 Å². The van der Waals surface area contributed by atoms with Gasteiger partial charge in [0.05, 0.1) is 6.04 Å². The van der Waals surface area contributed by atoms with Gasteiger partial charge in [-0.05, 0) is 18.1 Å². The highest BCUT2D eigenvalue weighted by molar-refractivity contribution is 5.92. The minimum atomic E-state index is -0.147. The maximum absolute atomic E-state index is 11.9. The van der Waals surface area contributed by atoms with Gasteiger partial charge in [0, 0.05) is 5.57 Å². The van der Waals surface area contributed by atoms with Gasteiger partial charge in [-0.2, -0.15) is 0 Å². The van der Waals surface area contributed by atoms with Gasteiger partial charge in [-0.3, -0.25) is 4.79 Å². The zero-order valence-corrected chi connectivity index (χ0v) is 11.0. The molecule has 96 valence electrons. The van der Waals surface area contributed by atoms with Crippen molar-refractivity contribution in [2.24, 2.45) is 0 Å². The fourth-order valence-corrected chi connectivity index (χ4v) is 1.90. The van der Waals surface area contributed by atoms with Gasteiger partial charge in [0.2, 0.25) is 5.91 Å². The summed E-state index contributed by atoms with van der Waals surface area (Å²) in [4.78, 5) is 11.9. The van der Waals surface area contributed by atoms with E-state index >= 15 is 0 Å². The number of carbonyl (C=O) groups is 1. The summed E-state index contributed by atoms with van der Waals surface area (Å²) in [6.07, 6.45) is 0. The summed E-state index contributed by atoms with van der Waals surface area (Å²) in [6.45, 7) is 5.39. The van der Waals surface area contributed by atoms with Crippen LogP contribution in [0.2, 0.25) is 0 Å². The molecule has 0 unspecified atom stereocenters. The molecule has 0 aromatic heterocycles. The third-order valence-corrected chi connectivity index (χ3v) is 2.93. The second kappa shape index (κ2) is 6.01. The molecule has 0 aliphatic carbocycles. The maximum Gasteiger partial charge on any atom is 0.247 e. The Kier molecular flexibility index (Phi) is 4.14. The number of amides is 1. The van der Waals surface area contributed by atoms with Crippen molar-refractivity contribution in [2.45, 2.75) is 13.0 Å². The van der Waals surface area contributed by atoms with E-state index in [4.69, 9.17) is 0 Å². The molecular formula is C17H17NO. The first-order chi connectivity index (χ1) is 9.18. The molecule has 2 aromatic rings. The van der Waals surface area contributed by atoms with Gasteiger partial charge in [-0.1, -0.05) is 67.2 Å². The summed E-state index contributed by atoms with van der Waals surface area (Å²) in [7, 11) is 0. The van der Waals surface area contributed by atoms with Gasteiger partial charge in [0.1, 0.15) is 0 Å². The van der Waals surface area contributed by atoms with Gasteiger partial charge in [-0.15, -0.1) is 0 Å². The molecule has 1 N–H and O–H groups in total. The molecule has 2 heteroatoms. The SMILES string of the molecule is C=C(C)C(=O)NC(c1ccccc1)c1ccccc1. The van der Waals surface area contributed by atoms with Crippen molar-refractivity contribution in [1.29, 1.82) is 0 Å². The molecule has 2 aromatic carbocycles. The number of nitrogens with one attached hydrogen (secondary N) is 1. The highest BCUT2D eigenvalue weighted by Crippen LogP contribution is 2.21. The summed E-state index contributed by atoms with van der Waals surface area (Å²) < 4.78 is 0. The van der Waals surface area contributed by atoms with Crippen LogP contribution in [0.4, 0.5) is 0 Å². The van der Waals surface area contributed by atoms with E-state index in [1.807, 2.05) is 60.7 Å². The number of benzene rings is 2. The van der Waals surface area contributed by atoms with Crippen LogP contribution in [0, 0.1) is 0 Å². The Morgan fingerprint density at radius 1 is 0.947 bits per heavy atom. The minimum Gasteiger partial charge on any atom is -0.341 e. The summed E-state index contributed by atoms with van der Waals surface area (Å²) in [5, 5.41) is 3.01. The Hall–Kier alpha value is -2.35. The first-order valence-corrected chi connectivity index (χ1v) is 6.25. The van der Waals surface area contributed by atoms with Gasteiger partial charge in [0.15, 0.2) is 0 Å². The first kappa shape index (κ1) is 13.1. The van der Waals surface area contributed by atoms with Gasteiger partial charge < -0.3 is 5.32 Å². The van der Waals surface area contributed by atoms with Crippen molar-refractivity contribution < 1.29 is 4.79 Å². The van der Waals surface area contributed by atoms with Crippen molar-refractivity contribution in [2.75, 3.05) is 0 Å². The molecule has 0 heterocycles. The average Bonchev–Trinajstić information content (AvgIpc) is 2.46. The third-order valence-electron chi connectivity index (χ3n) is 2.93. The average molecular weight is 251 g/mol. The van der Waals surface area contributed by atoms with E-state index in [-0.39, 0.29) is 11.9 Å². The fourth-order valence-electron chi connectivity index (χ4n) is 1.90. The molecule has 0 aliphatic heterocycles. The predicted molar refractivity (Wildman–Crippen MR) is 77.7 cm³/mol. The van der Waals surface area contributed by atoms with Crippen LogP contribution in [-0.4, -0.2) is 5.91 Å². The van der Waals surface area contributed by atoms with Crippen molar-refractivity contribution in [3.05, 3.63) is 83.9 Å². The summed E-state index contributed by atoms with van der Waals surface area (Å²) in [6, 6.07) is 19.7. The van der Waals surface area contributed by atoms with Crippen LogP contribution in [0.3, 0.4) is 0 Å². The Morgan fingerprint density at radius 2 is 1.37 bits per heavy atom. The molecule has 1 amide bonds. The Bertz CT molecular complexity index is 521. The lowest BCUT2D eigenvalue weighted by Crippen LogP contribution is -2.29. The van der Waals surface area contributed by atoms with Gasteiger partial charge >= 0.3 is 0 Å². The second-order valence-electron chi connectivity index (χ2n) is 4.51. The lowest BCUT2D eigenvalue weighted by Gasteiger charge is -2.19. The Balaban J connectivity index is 2.34. The van der Waals surface area contributed by atoms with E-state index in [9.17, 15) is 4.79 Å². The van der Waals surface area contributed by atoms with E-state index in [0.29, 0.717) is 5.57 Å². The topological polar surface area (TPSA) is 29.1 Å². The van der Waals surface area contributed by atoms with E-state index in [1.54, 1.807) is 6.92 Å². The van der Waals surface area contributed by atoms with Gasteiger partial charge in [-0.25, -0.2) is 0 Å². The molecule has 0 atom stereocenters. The van der Waals surface area contributed by atoms with Gasteiger partial charge in [0.25, 0.3) is 0 Å². The van der Waals surface area contributed by atoms with E-state index < -0.39 is 0 Å². The van der Waals surface area contributed by atoms with Crippen LogP contribution in [0.5, 0.6) is 0 Å². The van der Waals surface area contributed by atoms with Crippen LogP contribution in [0.25, 0.3) is 0 Å². The number of carbonyl (C=O) groups excluding carboxylic acids is 1. The predicted octanol–water partition coefficient (Wildman–Crippen LogP) is 3.47. The number of hydrogen-bond donors (Lipinski definition) is 1. The molecule has 19 heavy (non-hydrogen) atoms. The quantitative estimate of drug-likeness (QED) is 0.828. The minimum absolute atomic E-state index is 0.127. The monoisotopic (exact) mass is 251 g/mol. The van der Waals surface area contributed by atoms with Crippen molar-refractivity contribution in [1.82, 2.24) is 5.32 Å². The summed E-state index contributed by atoms with van der Waals surface area (Å²) in [5.41, 5.74) is 2.63. The van der Waals surface area contributed by atoms with Crippen LogP contribution in [0.1, 0.15) is 24.1 Å². The normalized spacial score (nSPS) is 10.2. The highest BCUT2D eigenvalue weighted by atomic mass is 16.1. The maximum atomic E-state index is 11.9. The fraction of sp³-hybridized carbons (Fsp3) is 0.118. The summed E-state index contributed by atoms with van der Waals surface area (Å²) in [5.74, 6) is -0.127. The molecule has 0 aliphatic rings. The molecule has 0 saturated heterocycles. The van der Waals surface area contributed by atoms with E-state index in [0.717, 1.165) is 11.1 Å². The molecular weight excluding hydrogens is 234 g/mol. The second-order valence-corrected chi connectivity index (χ2v) is 4.51. The molecule has 0 radical (unpaired) electrons. The zero-order valence-electron chi connectivity index (χ0n) is 11.0. The van der Waals surface area contributed by atoms with Crippen molar-refractivity contribution >= 4 is 5.91 Å². The van der Waals surface area contributed by atoms with Crippen LogP contribution in [0.15, 0.2) is 72.8 Å². The van der Waals surface area contributed by atoms with Crippen LogP contribution in [-0.2, 0) is 4.79 Å². The molecule has 2 nitrogen and oxygen atoms in total. The Morgan fingerprint density at radius 3 is 1.74 bits per heavy atom. The zero-order chi connectivity index (χ0) is 13.7. The lowest BCUT2D eigenvalue weighted by atomic mass is 9.98. The highest BCUT2D eigenvalue weighted by Gasteiger charge is 2.16. The third kappa shape index (κ3) is 3.32. The molecule has 0 fully saturated rings. The first-order valence-electron chi connectivity index (χ1n) is 6.25. The molecule has 0 spiro atoms. The van der Waals surface area contributed by atoms with E-state index in [1.165, 1.54) is 0 Å². The largest absolute Gasteiger partial charge is 0.341 e. The number of hydrogen-bond acceptors (Lipinski definition) is 1. The lowest BCUT2D eigenvalue weighted by molar-refractivity contribution is -0.117.